The maximum Gasteiger partial charge on any atom is 0.287 e. The zero-order chi connectivity index (χ0) is 20.3. The van der Waals surface area contributed by atoms with E-state index in [9.17, 15) is 4.79 Å². The Morgan fingerprint density at radius 1 is 1.14 bits per heavy atom. The summed E-state index contributed by atoms with van der Waals surface area (Å²) >= 11 is 13.9. The Labute approximate surface area is 175 Å². The maximum absolute atomic E-state index is 13.0. The van der Waals surface area contributed by atoms with Gasteiger partial charge in [-0.1, -0.05) is 40.6 Å². The lowest BCUT2D eigenvalue weighted by molar-refractivity contribution is 0.0991. The third-order valence-electron chi connectivity index (χ3n) is 4.05. The second-order valence-electron chi connectivity index (χ2n) is 5.72. The van der Waals surface area contributed by atoms with Crippen molar-refractivity contribution < 1.29 is 19.0 Å². The predicted molar refractivity (Wildman–Crippen MR) is 111 cm³/mol. The number of ether oxygens (including phenoxy) is 3. The normalized spacial score (nSPS) is 11.8. The van der Waals surface area contributed by atoms with Gasteiger partial charge in [0, 0.05) is 18.7 Å². The number of methoxy groups -OCH3 is 3. The average molecular weight is 441 g/mol. The van der Waals surface area contributed by atoms with E-state index in [0.29, 0.717) is 39.5 Å². The van der Waals surface area contributed by atoms with Crippen molar-refractivity contribution in [1.29, 1.82) is 0 Å². The number of hydrogen-bond donors (Lipinski definition) is 0. The fourth-order valence-corrected chi connectivity index (χ4v) is 4.65. The fourth-order valence-electron chi connectivity index (χ4n) is 2.81. The van der Waals surface area contributed by atoms with Crippen molar-refractivity contribution in [1.82, 2.24) is 4.57 Å². The molecule has 0 unspecified atom stereocenters. The summed E-state index contributed by atoms with van der Waals surface area (Å²) in [4.78, 5) is 17.8. The first kappa shape index (κ1) is 20.7. The van der Waals surface area contributed by atoms with Crippen molar-refractivity contribution in [3.63, 3.8) is 0 Å². The molecular formula is C19H18Cl2N2O4S. The smallest absolute Gasteiger partial charge is 0.287 e. The molecule has 0 aliphatic carbocycles. The van der Waals surface area contributed by atoms with Crippen LogP contribution in [0.2, 0.25) is 10.0 Å². The Kier molecular flexibility index (Phi) is 6.61. The summed E-state index contributed by atoms with van der Waals surface area (Å²) in [6.07, 6.45) is 0. The molecule has 3 aromatic rings. The van der Waals surface area contributed by atoms with Gasteiger partial charge in [-0.25, -0.2) is 0 Å². The van der Waals surface area contributed by atoms with E-state index in [1.165, 1.54) is 25.6 Å². The number of carbonyl (C=O) groups is 1. The van der Waals surface area contributed by atoms with Gasteiger partial charge in [0.2, 0.25) is 0 Å². The first-order valence-electron chi connectivity index (χ1n) is 8.27. The number of benzene rings is 2. The zero-order valence-electron chi connectivity index (χ0n) is 15.5. The van der Waals surface area contributed by atoms with Gasteiger partial charge in [-0.2, -0.15) is 4.99 Å². The lowest BCUT2D eigenvalue weighted by Crippen LogP contribution is -2.20. The highest BCUT2D eigenvalue weighted by molar-refractivity contribution is 7.16. The number of thiazole rings is 1. The van der Waals surface area contributed by atoms with Crippen LogP contribution >= 0.6 is 34.5 Å². The summed E-state index contributed by atoms with van der Waals surface area (Å²) in [6.45, 7) is 0.914. The number of nitrogens with zero attached hydrogens (tertiary/aromatic N) is 2. The molecule has 2 aromatic carbocycles. The third-order valence-corrected chi connectivity index (χ3v) is 5.58. The largest absolute Gasteiger partial charge is 0.496 e. The lowest BCUT2D eigenvalue weighted by Gasteiger charge is -2.10. The van der Waals surface area contributed by atoms with Gasteiger partial charge in [-0.3, -0.25) is 4.79 Å². The third kappa shape index (κ3) is 4.03. The first-order valence-corrected chi connectivity index (χ1v) is 9.84. The number of rotatable bonds is 6. The fraction of sp³-hybridized carbons (Fsp3) is 0.263. The monoisotopic (exact) mass is 440 g/mol. The molecule has 28 heavy (non-hydrogen) atoms. The SMILES string of the molecule is COCCn1c(=NC(=O)c2c(OC)cccc2OC)sc2cc(Cl)cc(Cl)c21. The van der Waals surface area contributed by atoms with E-state index in [-0.39, 0.29) is 5.56 Å². The Morgan fingerprint density at radius 2 is 1.82 bits per heavy atom. The van der Waals surface area contributed by atoms with E-state index in [2.05, 4.69) is 4.99 Å². The Bertz CT molecular complexity index is 1070. The van der Waals surface area contributed by atoms with Crippen molar-refractivity contribution in [2.75, 3.05) is 27.9 Å². The van der Waals surface area contributed by atoms with Gasteiger partial charge in [0.05, 0.1) is 36.1 Å². The molecule has 1 amide bonds. The highest BCUT2D eigenvalue weighted by atomic mass is 35.5. The van der Waals surface area contributed by atoms with E-state index in [1.54, 1.807) is 37.4 Å². The second-order valence-corrected chi connectivity index (χ2v) is 7.57. The summed E-state index contributed by atoms with van der Waals surface area (Å²) < 4.78 is 18.5. The highest BCUT2D eigenvalue weighted by Crippen LogP contribution is 2.31. The summed E-state index contributed by atoms with van der Waals surface area (Å²) in [5.41, 5.74) is 1.01. The highest BCUT2D eigenvalue weighted by Gasteiger charge is 2.19. The van der Waals surface area contributed by atoms with Gasteiger partial charge in [0.1, 0.15) is 17.1 Å². The number of aromatic nitrogens is 1. The van der Waals surface area contributed by atoms with Crippen LogP contribution < -0.4 is 14.3 Å². The van der Waals surface area contributed by atoms with Crippen LogP contribution in [0.15, 0.2) is 35.3 Å². The number of hydrogen-bond acceptors (Lipinski definition) is 5. The van der Waals surface area contributed by atoms with E-state index < -0.39 is 5.91 Å². The van der Waals surface area contributed by atoms with Crippen LogP contribution in [0, 0.1) is 0 Å². The van der Waals surface area contributed by atoms with Crippen LogP contribution in [0.25, 0.3) is 10.2 Å². The average Bonchev–Trinajstić information content (AvgIpc) is 3.02. The van der Waals surface area contributed by atoms with Gasteiger partial charge in [-0.15, -0.1) is 0 Å². The van der Waals surface area contributed by atoms with Gasteiger partial charge in [0.25, 0.3) is 5.91 Å². The minimum absolute atomic E-state index is 0.257. The van der Waals surface area contributed by atoms with Gasteiger partial charge in [0.15, 0.2) is 4.80 Å². The molecule has 0 aliphatic heterocycles. The van der Waals surface area contributed by atoms with E-state index in [4.69, 9.17) is 37.4 Å². The predicted octanol–water partition coefficient (Wildman–Crippen LogP) is 4.41. The van der Waals surface area contributed by atoms with E-state index in [1.807, 2.05) is 4.57 Å². The number of amides is 1. The minimum Gasteiger partial charge on any atom is -0.496 e. The standard InChI is InChI=1S/C19H18Cl2N2O4S/c1-25-8-7-23-17-12(21)9-11(20)10-15(17)28-19(23)22-18(24)16-13(26-2)5-4-6-14(16)27-3/h4-6,9-10H,7-8H2,1-3H3. The Hall–Kier alpha value is -2.06. The Balaban J connectivity index is 2.22. The van der Waals surface area contributed by atoms with Crippen molar-refractivity contribution in [3.8, 4) is 11.5 Å². The van der Waals surface area contributed by atoms with Crippen LogP contribution in [0.1, 0.15) is 10.4 Å². The molecule has 0 radical (unpaired) electrons. The zero-order valence-corrected chi connectivity index (χ0v) is 17.8. The molecule has 3 rings (SSSR count). The summed E-state index contributed by atoms with van der Waals surface area (Å²) in [5, 5.41) is 1.00. The number of halogens is 2. The van der Waals surface area contributed by atoms with Crippen molar-refractivity contribution in [3.05, 3.63) is 50.7 Å². The quantitative estimate of drug-likeness (QED) is 0.569. The van der Waals surface area contributed by atoms with Gasteiger partial charge in [-0.05, 0) is 24.3 Å². The molecule has 9 heteroatoms. The molecule has 1 aromatic heterocycles. The Morgan fingerprint density at radius 3 is 2.43 bits per heavy atom. The van der Waals surface area contributed by atoms with Gasteiger partial charge >= 0.3 is 0 Å². The molecule has 1 heterocycles. The van der Waals surface area contributed by atoms with Crippen LogP contribution in [0.5, 0.6) is 11.5 Å². The molecule has 6 nitrogen and oxygen atoms in total. The molecular weight excluding hydrogens is 423 g/mol. The molecule has 0 atom stereocenters. The topological polar surface area (TPSA) is 62.1 Å². The molecule has 0 saturated carbocycles. The molecule has 0 bridgehead atoms. The van der Waals surface area contributed by atoms with E-state index >= 15 is 0 Å². The second kappa shape index (κ2) is 8.96. The van der Waals surface area contributed by atoms with Crippen molar-refractivity contribution >= 4 is 50.7 Å². The molecule has 0 N–H and O–H groups in total. The maximum atomic E-state index is 13.0. The number of carbonyl (C=O) groups excluding carboxylic acids is 1. The van der Waals surface area contributed by atoms with E-state index in [0.717, 1.165) is 10.2 Å². The summed E-state index contributed by atoms with van der Waals surface area (Å²) in [6, 6.07) is 8.58. The molecule has 0 fully saturated rings. The van der Waals surface area contributed by atoms with Crippen LogP contribution in [0.3, 0.4) is 0 Å². The van der Waals surface area contributed by atoms with Crippen molar-refractivity contribution in [2.45, 2.75) is 6.54 Å². The molecule has 0 saturated heterocycles. The van der Waals surface area contributed by atoms with Gasteiger partial charge < -0.3 is 18.8 Å². The first-order chi connectivity index (χ1) is 13.5. The van der Waals surface area contributed by atoms with Crippen LogP contribution in [0.4, 0.5) is 0 Å². The number of fused-ring (bicyclic) bond motifs is 1. The lowest BCUT2D eigenvalue weighted by atomic mass is 10.1. The van der Waals surface area contributed by atoms with Crippen LogP contribution in [-0.4, -0.2) is 38.4 Å². The molecule has 148 valence electrons. The summed E-state index contributed by atoms with van der Waals surface area (Å²) in [7, 11) is 4.59. The molecule has 0 aliphatic rings. The minimum atomic E-state index is -0.478. The molecule has 0 spiro atoms. The summed E-state index contributed by atoms with van der Waals surface area (Å²) in [5.74, 6) is 0.298. The van der Waals surface area contributed by atoms with Crippen molar-refractivity contribution in [2.24, 2.45) is 4.99 Å². The van der Waals surface area contributed by atoms with Crippen LogP contribution in [-0.2, 0) is 11.3 Å².